The lowest BCUT2D eigenvalue weighted by Crippen LogP contribution is -2.23. The second-order valence-corrected chi connectivity index (χ2v) is 6.08. The molecule has 0 unspecified atom stereocenters. The molecule has 1 amide bonds. The van der Waals surface area contributed by atoms with Crippen LogP contribution < -0.4 is 10.3 Å². The molecule has 1 aliphatic rings. The summed E-state index contributed by atoms with van der Waals surface area (Å²) in [6.45, 7) is 1.94. The summed E-state index contributed by atoms with van der Waals surface area (Å²) >= 11 is 0. The first kappa shape index (κ1) is 17.7. The first-order chi connectivity index (χ1) is 12.7. The molecule has 7 heteroatoms. The maximum absolute atomic E-state index is 13.8. The molecule has 2 aromatic rings. The standard InChI is InChI=1S/C19H19FN4O2/c20-17-11-14(12-21)5-7-16(17)19(25)23-22-13-15-6-8-18(26-15)24-9-3-1-2-4-10-24/h5-8,11,13H,1-4,9-10H2,(H,23,25)/b22-13-. The summed E-state index contributed by atoms with van der Waals surface area (Å²) in [5, 5.41) is 12.5. The number of anilines is 1. The predicted molar refractivity (Wildman–Crippen MR) is 95.6 cm³/mol. The van der Waals surface area contributed by atoms with Crippen LogP contribution in [-0.2, 0) is 0 Å². The van der Waals surface area contributed by atoms with Crippen molar-refractivity contribution in [1.29, 1.82) is 5.26 Å². The van der Waals surface area contributed by atoms with E-state index in [1.54, 1.807) is 6.07 Å². The molecule has 134 valence electrons. The maximum Gasteiger partial charge on any atom is 0.274 e. The first-order valence-corrected chi connectivity index (χ1v) is 8.55. The van der Waals surface area contributed by atoms with Gasteiger partial charge in [-0.3, -0.25) is 4.79 Å². The van der Waals surface area contributed by atoms with Gasteiger partial charge in [0.15, 0.2) is 5.88 Å². The highest BCUT2D eigenvalue weighted by Crippen LogP contribution is 2.21. The van der Waals surface area contributed by atoms with Crippen molar-refractivity contribution in [3.8, 4) is 6.07 Å². The summed E-state index contributed by atoms with van der Waals surface area (Å²) in [7, 11) is 0. The number of nitrogens with zero attached hydrogens (tertiary/aromatic N) is 3. The van der Waals surface area contributed by atoms with Crippen LogP contribution in [0.25, 0.3) is 0 Å². The topological polar surface area (TPSA) is 81.6 Å². The van der Waals surface area contributed by atoms with E-state index in [0.717, 1.165) is 37.9 Å². The average Bonchev–Trinajstić information content (AvgIpc) is 2.94. The van der Waals surface area contributed by atoms with Crippen molar-refractivity contribution in [3.63, 3.8) is 0 Å². The third-order valence-electron chi connectivity index (χ3n) is 4.23. The van der Waals surface area contributed by atoms with Gasteiger partial charge in [0.2, 0.25) is 0 Å². The third kappa shape index (κ3) is 4.28. The van der Waals surface area contributed by atoms with Gasteiger partial charge >= 0.3 is 0 Å². The van der Waals surface area contributed by atoms with Crippen molar-refractivity contribution < 1.29 is 13.6 Å². The van der Waals surface area contributed by atoms with Gasteiger partial charge in [-0.25, -0.2) is 9.82 Å². The minimum absolute atomic E-state index is 0.152. The lowest BCUT2D eigenvalue weighted by atomic mass is 10.1. The number of nitrogens with one attached hydrogen (secondary N) is 1. The largest absolute Gasteiger partial charge is 0.440 e. The van der Waals surface area contributed by atoms with Gasteiger partial charge in [-0.2, -0.15) is 10.4 Å². The van der Waals surface area contributed by atoms with Gasteiger partial charge in [0.05, 0.1) is 23.4 Å². The van der Waals surface area contributed by atoms with Crippen molar-refractivity contribution in [2.45, 2.75) is 25.7 Å². The number of rotatable bonds is 4. The molecule has 2 heterocycles. The van der Waals surface area contributed by atoms with E-state index in [9.17, 15) is 9.18 Å². The molecule has 1 aliphatic heterocycles. The van der Waals surface area contributed by atoms with Crippen molar-refractivity contribution in [1.82, 2.24) is 5.43 Å². The van der Waals surface area contributed by atoms with Crippen LogP contribution in [0.1, 0.15) is 47.4 Å². The molecule has 0 aliphatic carbocycles. The smallest absolute Gasteiger partial charge is 0.274 e. The number of benzene rings is 1. The SMILES string of the molecule is N#Cc1ccc(C(=O)N/N=C\c2ccc(N3CCCCCC3)o2)c(F)c1. The summed E-state index contributed by atoms with van der Waals surface area (Å²) < 4.78 is 19.5. The van der Waals surface area contributed by atoms with E-state index in [1.807, 2.05) is 12.1 Å². The molecule has 26 heavy (non-hydrogen) atoms. The molecule has 6 nitrogen and oxygen atoms in total. The molecule has 0 atom stereocenters. The highest BCUT2D eigenvalue weighted by Gasteiger charge is 2.14. The van der Waals surface area contributed by atoms with E-state index in [4.69, 9.17) is 9.68 Å². The van der Waals surface area contributed by atoms with Crippen molar-refractivity contribution in [2.24, 2.45) is 5.10 Å². The Morgan fingerprint density at radius 3 is 2.69 bits per heavy atom. The molecule has 1 aromatic heterocycles. The zero-order valence-corrected chi connectivity index (χ0v) is 14.2. The first-order valence-electron chi connectivity index (χ1n) is 8.55. The lowest BCUT2D eigenvalue weighted by Gasteiger charge is -2.18. The van der Waals surface area contributed by atoms with Crippen LogP contribution >= 0.6 is 0 Å². The number of carbonyl (C=O) groups excluding carboxylic acids is 1. The zero-order valence-electron chi connectivity index (χ0n) is 14.2. The molecular weight excluding hydrogens is 335 g/mol. The van der Waals surface area contributed by atoms with Gasteiger partial charge in [-0.05, 0) is 37.1 Å². The quantitative estimate of drug-likeness (QED) is 0.674. The van der Waals surface area contributed by atoms with Gasteiger partial charge in [0.1, 0.15) is 11.6 Å². The summed E-state index contributed by atoms with van der Waals surface area (Å²) in [5.41, 5.74) is 2.24. The van der Waals surface area contributed by atoms with Crippen molar-refractivity contribution in [3.05, 3.63) is 53.0 Å². The van der Waals surface area contributed by atoms with Crippen LogP contribution in [0.3, 0.4) is 0 Å². The number of furan rings is 1. The monoisotopic (exact) mass is 354 g/mol. The van der Waals surface area contributed by atoms with E-state index < -0.39 is 11.7 Å². The maximum atomic E-state index is 13.8. The highest BCUT2D eigenvalue weighted by atomic mass is 19.1. The van der Waals surface area contributed by atoms with Crippen LogP contribution in [0, 0.1) is 17.1 Å². The third-order valence-corrected chi connectivity index (χ3v) is 4.23. The molecular formula is C19H19FN4O2. The van der Waals surface area contributed by atoms with Crippen LogP contribution in [0.2, 0.25) is 0 Å². The van der Waals surface area contributed by atoms with Crippen LogP contribution in [0.5, 0.6) is 0 Å². The van der Waals surface area contributed by atoms with E-state index in [1.165, 1.54) is 31.2 Å². The normalized spacial score (nSPS) is 14.8. The van der Waals surface area contributed by atoms with Crippen LogP contribution in [0.4, 0.5) is 10.3 Å². The second kappa shape index (κ2) is 8.30. The van der Waals surface area contributed by atoms with Crippen molar-refractivity contribution in [2.75, 3.05) is 18.0 Å². The fraction of sp³-hybridized carbons (Fsp3) is 0.316. The predicted octanol–water partition coefficient (Wildman–Crippen LogP) is 3.43. The van der Waals surface area contributed by atoms with Crippen LogP contribution in [-0.4, -0.2) is 25.2 Å². The fourth-order valence-corrected chi connectivity index (χ4v) is 2.86. The van der Waals surface area contributed by atoms with Crippen LogP contribution in [0.15, 0.2) is 39.9 Å². The molecule has 1 fully saturated rings. The van der Waals surface area contributed by atoms with E-state index in [2.05, 4.69) is 15.4 Å². The molecule has 1 saturated heterocycles. The Labute approximate surface area is 150 Å². The second-order valence-electron chi connectivity index (χ2n) is 6.08. The molecule has 3 rings (SSSR count). The van der Waals surface area contributed by atoms with Gasteiger partial charge in [-0.15, -0.1) is 0 Å². The molecule has 0 radical (unpaired) electrons. The van der Waals surface area contributed by atoms with Gasteiger partial charge in [0.25, 0.3) is 5.91 Å². The minimum atomic E-state index is -0.766. The van der Waals surface area contributed by atoms with Gasteiger partial charge in [-0.1, -0.05) is 12.8 Å². The summed E-state index contributed by atoms with van der Waals surface area (Å²) in [5.74, 6) is -0.164. The number of nitriles is 1. The number of halogens is 1. The molecule has 0 bridgehead atoms. The van der Waals surface area contributed by atoms with Crippen molar-refractivity contribution >= 4 is 18.0 Å². The number of hydrogen-bond donors (Lipinski definition) is 1. The van der Waals surface area contributed by atoms with E-state index in [0.29, 0.717) is 5.76 Å². The Balaban J connectivity index is 1.60. The Hall–Kier alpha value is -3.14. The Bertz CT molecular complexity index is 845. The Morgan fingerprint density at radius 1 is 1.23 bits per heavy atom. The van der Waals surface area contributed by atoms with E-state index in [-0.39, 0.29) is 11.1 Å². The van der Waals surface area contributed by atoms with Gasteiger partial charge in [0, 0.05) is 19.2 Å². The van der Waals surface area contributed by atoms with E-state index >= 15 is 0 Å². The number of hydrogen-bond acceptors (Lipinski definition) is 5. The number of amides is 1. The molecule has 1 aromatic carbocycles. The zero-order chi connectivity index (χ0) is 18.4. The Kier molecular flexibility index (Phi) is 5.64. The molecule has 1 N–H and O–H groups in total. The lowest BCUT2D eigenvalue weighted by molar-refractivity contribution is 0.0951. The molecule has 0 saturated carbocycles. The molecule has 0 spiro atoms. The fourth-order valence-electron chi connectivity index (χ4n) is 2.86. The minimum Gasteiger partial charge on any atom is -0.440 e. The summed E-state index contributed by atoms with van der Waals surface area (Å²) in [6, 6.07) is 9.12. The average molecular weight is 354 g/mol. The van der Waals surface area contributed by atoms with Gasteiger partial charge < -0.3 is 9.32 Å². The summed E-state index contributed by atoms with van der Waals surface area (Å²) in [4.78, 5) is 14.2. The Morgan fingerprint density at radius 2 is 2.00 bits per heavy atom. The summed E-state index contributed by atoms with van der Waals surface area (Å²) in [6.07, 6.45) is 6.15. The number of carbonyl (C=O) groups is 1. The number of hydrazone groups is 1. The highest BCUT2D eigenvalue weighted by molar-refractivity contribution is 5.95.